The first-order chi connectivity index (χ1) is 7.43. The van der Waals surface area contributed by atoms with Crippen molar-refractivity contribution in [2.45, 2.75) is 13.8 Å². The Hall–Kier alpha value is -1.56. The third kappa shape index (κ3) is 2.73. The summed E-state index contributed by atoms with van der Waals surface area (Å²) in [4.78, 5) is 0. The number of nitrogens with two attached hydrogens (primary N) is 2. The first-order valence-electron chi connectivity index (χ1n) is 4.54. The molecule has 6 heteroatoms. The van der Waals surface area contributed by atoms with Crippen molar-refractivity contribution >= 4 is 28.1 Å². The molecule has 0 aromatic heterocycles. The average Bonchev–Trinajstić information content (AvgIpc) is 2.20. The molecule has 1 rings (SSSR count). The van der Waals surface area contributed by atoms with Gasteiger partial charge in [0.1, 0.15) is 5.75 Å². The van der Waals surface area contributed by atoms with Gasteiger partial charge in [-0.05, 0) is 31.0 Å². The van der Waals surface area contributed by atoms with E-state index in [0.717, 1.165) is 15.6 Å². The lowest BCUT2D eigenvalue weighted by Gasteiger charge is -2.08. The van der Waals surface area contributed by atoms with Crippen molar-refractivity contribution in [2.24, 2.45) is 21.7 Å². The summed E-state index contributed by atoms with van der Waals surface area (Å²) in [5.74, 6) is 0.0513. The van der Waals surface area contributed by atoms with E-state index in [2.05, 4.69) is 26.1 Å². The Morgan fingerprint density at radius 3 is 2.62 bits per heavy atom. The van der Waals surface area contributed by atoms with E-state index in [9.17, 15) is 5.11 Å². The molecule has 0 amide bonds. The molecule has 5 nitrogen and oxygen atoms in total. The van der Waals surface area contributed by atoms with Gasteiger partial charge >= 0.3 is 0 Å². The third-order valence-corrected chi connectivity index (χ3v) is 2.92. The van der Waals surface area contributed by atoms with E-state index in [4.69, 9.17) is 11.5 Å². The van der Waals surface area contributed by atoms with Crippen molar-refractivity contribution in [3.05, 3.63) is 27.2 Å². The van der Waals surface area contributed by atoms with E-state index in [0.29, 0.717) is 5.56 Å². The second kappa shape index (κ2) is 4.98. The predicted octanol–water partition coefficient (Wildman–Crippen LogP) is 1.38. The number of phenolic OH excluding ortho intramolecular Hbond substituents is 1. The predicted molar refractivity (Wildman–Crippen MR) is 68.7 cm³/mol. The highest BCUT2D eigenvalue weighted by Crippen LogP contribution is 2.29. The number of nitrogens with zero attached hydrogens (tertiary/aromatic N) is 2. The highest BCUT2D eigenvalue weighted by Gasteiger charge is 2.09. The van der Waals surface area contributed by atoms with Crippen LogP contribution >= 0.6 is 15.9 Å². The van der Waals surface area contributed by atoms with Crippen LogP contribution in [0.25, 0.3) is 0 Å². The summed E-state index contributed by atoms with van der Waals surface area (Å²) in [6.45, 7) is 3.66. The van der Waals surface area contributed by atoms with E-state index in [1.807, 2.05) is 13.0 Å². The lowest BCUT2D eigenvalue weighted by molar-refractivity contribution is 0.469. The van der Waals surface area contributed by atoms with Crippen molar-refractivity contribution in [3.8, 4) is 5.75 Å². The normalized spacial score (nSPS) is 10.7. The molecule has 0 atom stereocenters. The Bertz CT molecular complexity index is 438. The van der Waals surface area contributed by atoms with Gasteiger partial charge in [0.05, 0.1) is 6.21 Å². The highest BCUT2D eigenvalue weighted by molar-refractivity contribution is 9.10. The van der Waals surface area contributed by atoms with Crippen LogP contribution in [0.2, 0.25) is 0 Å². The molecule has 1 aromatic rings. The van der Waals surface area contributed by atoms with E-state index >= 15 is 0 Å². The van der Waals surface area contributed by atoms with Crippen LogP contribution in [-0.2, 0) is 0 Å². The molecule has 0 bridgehead atoms. The maximum atomic E-state index is 9.85. The zero-order chi connectivity index (χ0) is 12.3. The van der Waals surface area contributed by atoms with E-state index in [-0.39, 0.29) is 11.7 Å². The second-order valence-corrected chi connectivity index (χ2v) is 4.19. The molecule has 0 saturated carbocycles. The smallest absolute Gasteiger partial charge is 0.211 e. The topological polar surface area (TPSA) is 97.0 Å². The Labute approximate surface area is 102 Å². The van der Waals surface area contributed by atoms with Crippen LogP contribution in [0, 0.1) is 13.8 Å². The van der Waals surface area contributed by atoms with Gasteiger partial charge in [0, 0.05) is 10.0 Å². The largest absolute Gasteiger partial charge is 0.507 e. The summed E-state index contributed by atoms with van der Waals surface area (Å²) < 4.78 is 0.897. The minimum Gasteiger partial charge on any atom is -0.507 e. The summed E-state index contributed by atoms with van der Waals surface area (Å²) in [5.41, 5.74) is 12.5. The molecule has 1 aromatic carbocycles. The molecule has 0 fully saturated rings. The second-order valence-electron chi connectivity index (χ2n) is 3.33. The molecule has 0 radical (unpaired) electrons. The van der Waals surface area contributed by atoms with Gasteiger partial charge in [0.15, 0.2) is 0 Å². The Balaban J connectivity index is 3.23. The van der Waals surface area contributed by atoms with Crippen molar-refractivity contribution < 1.29 is 5.11 Å². The molecule has 0 aliphatic rings. The van der Waals surface area contributed by atoms with E-state index < -0.39 is 0 Å². The lowest BCUT2D eigenvalue weighted by atomic mass is 10.0. The number of phenols is 1. The lowest BCUT2D eigenvalue weighted by Crippen LogP contribution is -2.21. The van der Waals surface area contributed by atoms with E-state index in [1.54, 1.807) is 6.92 Å². The number of benzene rings is 1. The fourth-order valence-electron chi connectivity index (χ4n) is 1.20. The summed E-state index contributed by atoms with van der Waals surface area (Å²) in [6.07, 6.45) is 1.42. The van der Waals surface area contributed by atoms with Crippen molar-refractivity contribution in [2.75, 3.05) is 0 Å². The Morgan fingerprint density at radius 1 is 1.44 bits per heavy atom. The van der Waals surface area contributed by atoms with Gasteiger partial charge in [-0.1, -0.05) is 15.9 Å². The van der Waals surface area contributed by atoms with Gasteiger partial charge in [0.2, 0.25) is 5.96 Å². The maximum Gasteiger partial charge on any atom is 0.211 e. The minimum absolute atomic E-state index is 0.125. The summed E-state index contributed by atoms with van der Waals surface area (Å²) in [6, 6.07) is 1.84. The molecular formula is C10H13BrN4O. The number of hydrogen-bond acceptors (Lipinski definition) is 3. The van der Waals surface area contributed by atoms with Gasteiger partial charge in [-0.25, -0.2) is 0 Å². The fraction of sp³-hybridized carbons (Fsp3) is 0.200. The molecule has 5 N–H and O–H groups in total. The first-order valence-corrected chi connectivity index (χ1v) is 5.33. The van der Waals surface area contributed by atoms with Crippen LogP contribution in [0.15, 0.2) is 20.7 Å². The number of halogens is 1. The van der Waals surface area contributed by atoms with Crippen molar-refractivity contribution in [1.29, 1.82) is 0 Å². The number of aromatic hydroxyl groups is 1. The van der Waals surface area contributed by atoms with Crippen LogP contribution in [0.3, 0.4) is 0 Å². The molecule has 16 heavy (non-hydrogen) atoms. The first kappa shape index (κ1) is 12.5. The van der Waals surface area contributed by atoms with Crippen LogP contribution in [0.4, 0.5) is 0 Å². The molecule has 0 aliphatic carbocycles. The average molecular weight is 285 g/mol. The number of rotatable bonds is 2. The van der Waals surface area contributed by atoms with Gasteiger partial charge in [-0.2, -0.15) is 5.10 Å². The Kier molecular flexibility index (Phi) is 3.89. The van der Waals surface area contributed by atoms with Crippen molar-refractivity contribution in [1.82, 2.24) is 0 Å². The number of hydrogen-bond donors (Lipinski definition) is 3. The standard InChI is InChI=1S/C10H13BrN4O/c1-5-3-8(11)6(2)7(9(5)16)4-14-15-10(12)13/h3-4,16H,1-2H3,(H4,12,13,15). The van der Waals surface area contributed by atoms with Crippen LogP contribution in [0.5, 0.6) is 5.75 Å². The fourth-order valence-corrected chi connectivity index (χ4v) is 1.75. The summed E-state index contributed by atoms with van der Waals surface area (Å²) in [7, 11) is 0. The van der Waals surface area contributed by atoms with Crippen molar-refractivity contribution in [3.63, 3.8) is 0 Å². The summed E-state index contributed by atoms with van der Waals surface area (Å²) >= 11 is 3.39. The zero-order valence-electron chi connectivity index (χ0n) is 9.03. The monoisotopic (exact) mass is 284 g/mol. The number of aryl methyl sites for hydroxylation is 1. The highest BCUT2D eigenvalue weighted by atomic mass is 79.9. The van der Waals surface area contributed by atoms with Crippen LogP contribution in [0.1, 0.15) is 16.7 Å². The van der Waals surface area contributed by atoms with Gasteiger partial charge in [0.25, 0.3) is 0 Å². The van der Waals surface area contributed by atoms with Gasteiger partial charge < -0.3 is 16.6 Å². The van der Waals surface area contributed by atoms with E-state index in [1.165, 1.54) is 6.21 Å². The van der Waals surface area contributed by atoms with Gasteiger partial charge in [-0.15, -0.1) is 5.10 Å². The van der Waals surface area contributed by atoms with Gasteiger partial charge in [-0.3, -0.25) is 0 Å². The summed E-state index contributed by atoms with van der Waals surface area (Å²) in [5, 5.41) is 17.0. The molecule has 0 heterocycles. The molecule has 0 unspecified atom stereocenters. The Morgan fingerprint density at radius 2 is 2.06 bits per heavy atom. The SMILES string of the molecule is Cc1cc(Br)c(C)c(C=NN=C(N)N)c1O. The van der Waals surface area contributed by atoms with Crippen LogP contribution < -0.4 is 11.5 Å². The van der Waals surface area contributed by atoms with Crippen LogP contribution in [-0.4, -0.2) is 17.3 Å². The zero-order valence-corrected chi connectivity index (χ0v) is 10.6. The molecule has 0 spiro atoms. The number of guanidine groups is 1. The molecule has 0 aliphatic heterocycles. The third-order valence-electron chi connectivity index (χ3n) is 2.09. The minimum atomic E-state index is -0.125. The quantitative estimate of drug-likeness (QED) is 0.435. The molecular weight excluding hydrogens is 272 g/mol. The molecule has 86 valence electrons. The molecule has 0 saturated heterocycles. The maximum absolute atomic E-state index is 9.85.